The van der Waals surface area contributed by atoms with Gasteiger partial charge in [0.25, 0.3) is 5.22 Å². The average molecular weight is 253 g/mol. The zero-order valence-electron chi connectivity index (χ0n) is 9.53. The van der Waals surface area contributed by atoms with E-state index in [0.29, 0.717) is 17.7 Å². The topological polar surface area (TPSA) is 51.0 Å². The summed E-state index contributed by atoms with van der Waals surface area (Å²) in [6, 6.07) is 4.84. The minimum Gasteiger partial charge on any atom is -0.416 e. The number of nitrogens with zero attached hydrogens (tertiary/aromatic N) is 2. The Bertz CT molecular complexity index is 515. The van der Waals surface area contributed by atoms with E-state index in [1.54, 1.807) is 6.92 Å². The molecular formula is C11H12FN3OS. The van der Waals surface area contributed by atoms with Crippen molar-refractivity contribution in [1.29, 1.82) is 0 Å². The van der Waals surface area contributed by atoms with E-state index in [0.717, 1.165) is 10.5 Å². The lowest BCUT2D eigenvalue weighted by molar-refractivity contribution is 0.429. The molecular weight excluding hydrogens is 241 g/mol. The van der Waals surface area contributed by atoms with Gasteiger partial charge in [-0.15, -0.1) is 10.2 Å². The number of aryl methyl sites for hydroxylation is 1. The molecule has 0 amide bonds. The van der Waals surface area contributed by atoms with Gasteiger partial charge in [-0.05, 0) is 42.6 Å². The van der Waals surface area contributed by atoms with Gasteiger partial charge >= 0.3 is 0 Å². The molecule has 2 rings (SSSR count). The van der Waals surface area contributed by atoms with Gasteiger partial charge in [0.05, 0.1) is 0 Å². The molecule has 0 saturated carbocycles. The third kappa shape index (κ3) is 3.28. The molecule has 1 aromatic heterocycles. The lowest BCUT2D eigenvalue weighted by Gasteiger charge is -2.03. The first kappa shape index (κ1) is 12.1. The molecule has 0 radical (unpaired) electrons. The molecule has 1 N–H and O–H groups in total. The van der Waals surface area contributed by atoms with Crippen molar-refractivity contribution in [3.8, 4) is 0 Å². The fourth-order valence-electron chi connectivity index (χ4n) is 1.41. The van der Waals surface area contributed by atoms with Crippen molar-refractivity contribution >= 4 is 11.8 Å². The van der Waals surface area contributed by atoms with Crippen molar-refractivity contribution < 1.29 is 8.81 Å². The number of hydrogen-bond donors (Lipinski definition) is 1. The third-order valence-electron chi connectivity index (χ3n) is 2.02. The molecule has 0 spiro atoms. The molecule has 1 heterocycles. The number of halogens is 1. The highest BCUT2D eigenvalue weighted by Gasteiger charge is 2.07. The molecule has 0 fully saturated rings. The summed E-state index contributed by atoms with van der Waals surface area (Å²) in [5, 5.41) is 11.0. The second-order valence-corrected chi connectivity index (χ2v) is 4.54. The fraction of sp³-hybridized carbons (Fsp3) is 0.273. The molecule has 0 atom stereocenters. The molecule has 1 aromatic carbocycles. The van der Waals surface area contributed by atoms with Crippen LogP contribution in [0.25, 0.3) is 0 Å². The normalized spacial score (nSPS) is 10.8. The maximum absolute atomic E-state index is 13.4. The van der Waals surface area contributed by atoms with Gasteiger partial charge in [-0.25, -0.2) is 4.39 Å². The van der Waals surface area contributed by atoms with Gasteiger partial charge < -0.3 is 9.73 Å². The maximum Gasteiger partial charge on any atom is 0.281 e. The molecule has 0 unspecified atom stereocenters. The summed E-state index contributed by atoms with van der Waals surface area (Å²) in [6.45, 7) is 2.34. The van der Waals surface area contributed by atoms with Crippen LogP contribution < -0.4 is 5.32 Å². The average Bonchev–Trinajstić information content (AvgIpc) is 2.63. The Morgan fingerprint density at radius 3 is 2.82 bits per heavy atom. The van der Waals surface area contributed by atoms with Crippen molar-refractivity contribution in [2.24, 2.45) is 0 Å². The number of benzene rings is 1. The summed E-state index contributed by atoms with van der Waals surface area (Å²) in [4.78, 5) is 0.749. The Morgan fingerprint density at radius 1 is 1.35 bits per heavy atom. The first-order chi connectivity index (χ1) is 8.17. The Hall–Kier alpha value is -1.40. The zero-order chi connectivity index (χ0) is 12.3. The Balaban J connectivity index is 2.20. The van der Waals surface area contributed by atoms with Crippen LogP contribution in [0.5, 0.6) is 0 Å². The van der Waals surface area contributed by atoms with Gasteiger partial charge in [0.15, 0.2) is 0 Å². The summed E-state index contributed by atoms with van der Waals surface area (Å²) in [6.07, 6.45) is 0. The predicted octanol–water partition coefficient (Wildman–Crippen LogP) is 2.39. The van der Waals surface area contributed by atoms with Crippen molar-refractivity contribution in [2.45, 2.75) is 23.6 Å². The Labute approximate surface area is 103 Å². The molecule has 0 aliphatic rings. The fourth-order valence-corrected chi connectivity index (χ4v) is 2.23. The van der Waals surface area contributed by atoms with E-state index in [1.165, 1.54) is 23.9 Å². The van der Waals surface area contributed by atoms with E-state index < -0.39 is 0 Å². The van der Waals surface area contributed by atoms with Gasteiger partial charge in [-0.2, -0.15) is 0 Å². The third-order valence-corrected chi connectivity index (χ3v) is 2.84. The van der Waals surface area contributed by atoms with Crippen molar-refractivity contribution in [3.63, 3.8) is 0 Å². The van der Waals surface area contributed by atoms with E-state index in [4.69, 9.17) is 4.42 Å². The summed E-state index contributed by atoms with van der Waals surface area (Å²) in [5.41, 5.74) is 0.881. The number of rotatable bonds is 4. The molecule has 6 heteroatoms. The van der Waals surface area contributed by atoms with Crippen LogP contribution in [0.1, 0.15) is 11.5 Å². The van der Waals surface area contributed by atoms with Crippen molar-refractivity contribution in [3.05, 3.63) is 35.5 Å². The van der Waals surface area contributed by atoms with E-state index in [1.807, 2.05) is 13.1 Å². The largest absolute Gasteiger partial charge is 0.416 e. The number of aromatic nitrogens is 2. The predicted molar refractivity (Wildman–Crippen MR) is 62.3 cm³/mol. The molecule has 17 heavy (non-hydrogen) atoms. The summed E-state index contributed by atoms with van der Waals surface area (Å²) >= 11 is 1.25. The Kier molecular flexibility index (Phi) is 3.75. The van der Waals surface area contributed by atoms with Gasteiger partial charge in [0.2, 0.25) is 5.89 Å². The van der Waals surface area contributed by atoms with Crippen LogP contribution >= 0.6 is 11.8 Å². The minimum absolute atomic E-state index is 0.267. The maximum atomic E-state index is 13.4. The molecule has 0 bridgehead atoms. The van der Waals surface area contributed by atoms with Crippen molar-refractivity contribution in [1.82, 2.24) is 15.5 Å². The molecule has 90 valence electrons. The highest BCUT2D eigenvalue weighted by molar-refractivity contribution is 7.99. The summed E-state index contributed by atoms with van der Waals surface area (Å²) < 4.78 is 18.6. The van der Waals surface area contributed by atoms with Crippen LogP contribution in [0.15, 0.2) is 32.7 Å². The second kappa shape index (κ2) is 5.29. The Morgan fingerprint density at radius 2 is 2.18 bits per heavy atom. The van der Waals surface area contributed by atoms with E-state index in [9.17, 15) is 4.39 Å². The van der Waals surface area contributed by atoms with Crippen LogP contribution in [-0.4, -0.2) is 17.2 Å². The SMILES string of the molecule is CNCc1cc(F)cc(Sc2nnc(C)o2)c1. The quantitative estimate of drug-likeness (QED) is 0.906. The standard InChI is InChI=1S/C11H12FN3OS/c1-7-14-15-11(16-7)17-10-4-8(6-13-2)3-9(12)5-10/h3-5,13H,6H2,1-2H3. The minimum atomic E-state index is -0.267. The lowest BCUT2D eigenvalue weighted by atomic mass is 10.2. The first-order valence-corrected chi connectivity index (χ1v) is 5.91. The van der Waals surface area contributed by atoms with Crippen molar-refractivity contribution in [2.75, 3.05) is 7.05 Å². The van der Waals surface area contributed by atoms with Gasteiger partial charge in [-0.1, -0.05) is 0 Å². The van der Waals surface area contributed by atoms with Gasteiger partial charge in [0.1, 0.15) is 5.82 Å². The lowest BCUT2D eigenvalue weighted by Crippen LogP contribution is -2.05. The van der Waals surface area contributed by atoms with E-state index in [-0.39, 0.29) is 5.82 Å². The molecule has 2 aromatic rings. The highest BCUT2D eigenvalue weighted by Crippen LogP contribution is 2.27. The smallest absolute Gasteiger partial charge is 0.281 e. The first-order valence-electron chi connectivity index (χ1n) is 5.09. The van der Waals surface area contributed by atoms with Gasteiger partial charge in [0, 0.05) is 18.4 Å². The van der Waals surface area contributed by atoms with Crippen LogP contribution in [0, 0.1) is 12.7 Å². The van der Waals surface area contributed by atoms with Crippen LogP contribution in [0.3, 0.4) is 0 Å². The zero-order valence-corrected chi connectivity index (χ0v) is 10.3. The number of hydrogen-bond acceptors (Lipinski definition) is 5. The van der Waals surface area contributed by atoms with Crippen LogP contribution in [0.4, 0.5) is 4.39 Å². The van der Waals surface area contributed by atoms with E-state index in [2.05, 4.69) is 15.5 Å². The van der Waals surface area contributed by atoms with Crippen LogP contribution in [0.2, 0.25) is 0 Å². The molecule has 4 nitrogen and oxygen atoms in total. The summed E-state index contributed by atoms with van der Waals surface area (Å²) in [7, 11) is 1.82. The second-order valence-electron chi connectivity index (χ2n) is 3.51. The molecule has 0 saturated heterocycles. The van der Waals surface area contributed by atoms with Crippen LogP contribution in [-0.2, 0) is 6.54 Å². The number of nitrogens with one attached hydrogen (secondary N) is 1. The monoisotopic (exact) mass is 253 g/mol. The molecule has 0 aliphatic carbocycles. The van der Waals surface area contributed by atoms with Gasteiger partial charge in [-0.3, -0.25) is 0 Å². The van der Waals surface area contributed by atoms with E-state index >= 15 is 0 Å². The summed E-state index contributed by atoms with van der Waals surface area (Å²) in [5.74, 6) is 0.232. The molecule has 0 aliphatic heterocycles. The highest BCUT2D eigenvalue weighted by atomic mass is 32.2.